The molecule has 2 aliphatic rings. The SMILES string of the molecule is Cc1cc(C(=O)CCc2sc(C3=CC=C(C(F)(F)F)CC3)nc2CNCCN=C2C=CC(C(C)C)CC2)ccc1OC(C)(C)C(=O)O. The Labute approximate surface area is 278 Å². The van der Waals surface area contributed by atoms with E-state index < -0.39 is 23.3 Å². The van der Waals surface area contributed by atoms with Gasteiger partial charge in [0.1, 0.15) is 10.8 Å². The maximum atomic E-state index is 13.2. The number of benzene rings is 1. The van der Waals surface area contributed by atoms with Crippen LogP contribution < -0.4 is 10.1 Å². The van der Waals surface area contributed by atoms with E-state index in [1.807, 2.05) is 0 Å². The maximum Gasteiger partial charge on any atom is 0.412 e. The number of thiazole rings is 1. The Balaban J connectivity index is 1.43. The maximum absolute atomic E-state index is 13.2. The van der Waals surface area contributed by atoms with Crippen molar-refractivity contribution in [1.29, 1.82) is 0 Å². The first kappa shape index (κ1) is 36.3. The Kier molecular flexibility index (Phi) is 12.0. The van der Waals surface area contributed by atoms with Crippen molar-refractivity contribution in [3.63, 3.8) is 0 Å². The molecule has 2 N–H and O–H groups in total. The molecule has 0 saturated heterocycles. The van der Waals surface area contributed by atoms with Crippen molar-refractivity contribution in [2.45, 2.75) is 91.5 Å². The number of aliphatic carboxylic acids is 1. The smallest absolute Gasteiger partial charge is 0.412 e. The van der Waals surface area contributed by atoms with Crippen molar-refractivity contribution in [3.05, 3.63) is 74.8 Å². The van der Waals surface area contributed by atoms with Crippen LogP contribution in [0.2, 0.25) is 0 Å². The highest BCUT2D eigenvalue weighted by Crippen LogP contribution is 2.37. The van der Waals surface area contributed by atoms with Crippen molar-refractivity contribution in [2.75, 3.05) is 13.1 Å². The summed E-state index contributed by atoms with van der Waals surface area (Å²) < 4.78 is 45.2. The lowest BCUT2D eigenvalue weighted by Gasteiger charge is -2.22. The number of rotatable bonds is 14. The minimum atomic E-state index is -4.34. The van der Waals surface area contributed by atoms with E-state index >= 15 is 0 Å². The average molecular weight is 672 g/mol. The van der Waals surface area contributed by atoms with E-state index in [1.54, 1.807) is 25.1 Å². The molecule has 1 unspecified atom stereocenters. The quantitative estimate of drug-likeness (QED) is 0.155. The van der Waals surface area contributed by atoms with Crippen LogP contribution in [0.15, 0.2) is 53.1 Å². The summed E-state index contributed by atoms with van der Waals surface area (Å²) in [6.07, 6.45) is 5.57. The molecule has 2 aromatic rings. The first-order valence-electron chi connectivity index (χ1n) is 16.1. The van der Waals surface area contributed by atoms with Crippen LogP contribution in [0.3, 0.4) is 0 Å². The molecule has 47 heavy (non-hydrogen) atoms. The van der Waals surface area contributed by atoms with Gasteiger partial charge in [0.2, 0.25) is 0 Å². The molecule has 0 aliphatic heterocycles. The van der Waals surface area contributed by atoms with Gasteiger partial charge in [-0.15, -0.1) is 11.3 Å². The number of carbonyl (C=O) groups is 2. The van der Waals surface area contributed by atoms with Crippen molar-refractivity contribution < 1.29 is 32.6 Å². The van der Waals surface area contributed by atoms with E-state index in [-0.39, 0.29) is 25.0 Å². The molecule has 0 radical (unpaired) electrons. The second-order valence-corrected chi connectivity index (χ2v) is 14.0. The number of hydrogen-bond acceptors (Lipinski definition) is 7. The molecule has 1 heterocycles. The van der Waals surface area contributed by atoms with E-state index in [2.05, 4.69) is 31.3 Å². The lowest BCUT2D eigenvalue weighted by molar-refractivity contribution is -0.152. The van der Waals surface area contributed by atoms with Gasteiger partial charge in [0.15, 0.2) is 11.4 Å². The van der Waals surface area contributed by atoms with Gasteiger partial charge < -0.3 is 15.2 Å². The van der Waals surface area contributed by atoms with Crippen molar-refractivity contribution >= 4 is 34.4 Å². The van der Waals surface area contributed by atoms with Gasteiger partial charge in [-0.1, -0.05) is 32.1 Å². The molecule has 7 nitrogen and oxygen atoms in total. The predicted molar refractivity (Wildman–Crippen MR) is 180 cm³/mol. The van der Waals surface area contributed by atoms with Gasteiger partial charge in [0, 0.05) is 41.2 Å². The average Bonchev–Trinajstić information content (AvgIpc) is 3.43. The van der Waals surface area contributed by atoms with Gasteiger partial charge in [-0.05, 0) is 100 Å². The fourth-order valence-electron chi connectivity index (χ4n) is 5.43. The zero-order chi connectivity index (χ0) is 34.4. The number of halogens is 3. The second-order valence-electron chi connectivity index (χ2n) is 12.9. The van der Waals surface area contributed by atoms with Crippen LogP contribution in [0.5, 0.6) is 5.75 Å². The number of ether oxygens (including phenoxy) is 1. The summed E-state index contributed by atoms with van der Waals surface area (Å²) in [6.45, 7) is 10.9. The summed E-state index contributed by atoms with van der Waals surface area (Å²) >= 11 is 1.42. The molecule has 254 valence electrons. The number of carboxylic acids is 1. The lowest BCUT2D eigenvalue weighted by Crippen LogP contribution is -2.38. The third kappa shape index (κ3) is 9.96. The third-order valence-electron chi connectivity index (χ3n) is 8.54. The molecule has 11 heteroatoms. The number of aromatic nitrogens is 1. The Bertz CT molecular complexity index is 1580. The Morgan fingerprint density at radius 3 is 2.53 bits per heavy atom. The number of alkyl halides is 3. The zero-order valence-corrected chi connectivity index (χ0v) is 28.5. The molecule has 1 aromatic heterocycles. The van der Waals surface area contributed by atoms with Gasteiger partial charge in [0.25, 0.3) is 0 Å². The van der Waals surface area contributed by atoms with Gasteiger partial charge in [0.05, 0.1) is 12.2 Å². The second kappa shape index (κ2) is 15.6. The van der Waals surface area contributed by atoms with E-state index in [9.17, 15) is 27.9 Å². The minimum absolute atomic E-state index is 0.0864. The third-order valence-corrected chi connectivity index (χ3v) is 9.78. The number of Topliss-reactive ketones (excluding diaryl/α,β-unsaturated/α-hetero) is 1. The highest BCUT2D eigenvalue weighted by molar-refractivity contribution is 7.12. The number of carbonyl (C=O) groups excluding carboxylic acids is 1. The van der Waals surface area contributed by atoms with Crippen molar-refractivity contribution in [2.24, 2.45) is 16.8 Å². The largest absolute Gasteiger partial charge is 0.478 e. The Hall–Kier alpha value is -3.57. The number of aryl methyl sites for hydroxylation is 2. The minimum Gasteiger partial charge on any atom is -0.478 e. The van der Waals surface area contributed by atoms with Gasteiger partial charge in [-0.25, -0.2) is 9.78 Å². The number of allylic oxidation sites excluding steroid dienone is 6. The van der Waals surface area contributed by atoms with E-state index in [1.165, 1.54) is 31.3 Å². The van der Waals surface area contributed by atoms with Crippen LogP contribution in [0.4, 0.5) is 13.2 Å². The molecule has 0 amide bonds. The highest BCUT2D eigenvalue weighted by atomic mass is 32.1. The van der Waals surface area contributed by atoms with Crippen LogP contribution in [0.1, 0.15) is 91.3 Å². The summed E-state index contributed by atoms with van der Waals surface area (Å²) in [5.74, 6) is 0.427. The van der Waals surface area contributed by atoms with E-state index in [0.717, 1.165) is 40.8 Å². The molecule has 0 fully saturated rings. The number of nitrogens with zero attached hydrogens (tertiary/aromatic N) is 2. The number of carboxylic acid groups (broad SMARTS) is 1. The standard InChI is InChI=1S/C36H44F3N3O4S/c1-22(2)24-8-13-28(14-9-24)41-19-18-40-21-29-32(47-33(42-29)25-6-11-27(12-7-25)36(37,38)39)17-15-30(43)26-10-16-31(23(3)20-26)46-35(4,5)34(44)45/h6,8,10-11,13,16,20,22,24,40H,7,9,12,14-15,17-19,21H2,1-5H3,(H,44,45). The van der Waals surface area contributed by atoms with Crippen LogP contribution in [0, 0.1) is 18.8 Å². The molecule has 2 aliphatic carbocycles. The molecule has 1 aromatic carbocycles. The molecule has 0 spiro atoms. The number of aliphatic imine (C=N–C) groups is 1. The monoisotopic (exact) mass is 671 g/mol. The Morgan fingerprint density at radius 1 is 1.17 bits per heavy atom. The number of nitrogens with one attached hydrogen (secondary N) is 1. The molecular weight excluding hydrogens is 627 g/mol. The number of hydrogen-bond donors (Lipinski definition) is 2. The van der Waals surface area contributed by atoms with Gasteiger partial charge >= 0.3 is 12.1 Å². The van der Waals surface area contributed by atoms with Crippen LogP contribution in [-0.4, -0.2) is 52.4 Å². The number of ketones is 1. The topological polar surface area (TPSA) is 101 Å². The van der Waals surface area contributed by atoms with Crippen LogP contribution >= 0.6 is 11.3 Å². The summed E-state index contributed by atoms with van der Waals surface area (Å²) in [6, 6.07) is 4.94. The zero-order valence-electron chi connectivity index (χ0n) is 27.7. The van der Waals surface area contributed by atoms with Crippen LogP contribution in [-0.2, 0) is 17.8 Å². The van der Waals surface area contributed by atoms with Gasteiger partial charge in [-0.2, -0.15) is 13.2 Å². The lowest BCUT2D eigenvalue weighted by atomic mass is 9.86. The highest BCUT2D eigenvalue weighted by Gasteiger charge is 2.34. The summed E-state index contributed by atoms with van der Waals surface area (Å²) in [5.41, 5.74) is 1.82. The fraction of sp³-hybridized carbons (Fsp3) is 0.500. The van der Waals surface area contributed by atoms with Gasteiger partial charge in [-0.3, -0.25) is 9.79 Å². The summed E-state index contributed by atoms with van der Waals surface area (Å²) in [5, 5.41) is 13.5. The first-order chi connectivity index (χ1) is 22.1. The predicted octanol–water partition coefficient (Wildman–Crippen LogP) is 8.33. The molecule has 4 rings (SSSR count). The van der Waals surface area contributed by atoms with Crippen molar-refractivity contribution in [3.8, 4) is 5.75 Å². The fourth-order valence-corrected chi connectivity index (χ4v) is 6.56. The molecule has 1 atom stereocenters. The summed E-state index contributed by atoms with van der Waals surface area (Å²) in [7, 11) is 0. The molecular formula is C36H44F3N3O4S. The van der Waals surface area contributed by atoms with E-state index in [4.69, 9.17) is 14.7 Å². The van der Waals surface area contributed by atoms with Crippen molar-refractivity contribution in [1.82, 2.24) is 10.3 Å². The normalized spacial score (nSPS) is 18.0. The summed E-state index contributed by atoms with van der Waals surface area (Å²) in [4.78, 5) is 35.1. The molecule has 0 saturated carbocycles. The van der Waals surface area contributed by atoms with E-state index in [0.29, 0.717) is 59.8 Å². The Morgan fingerprint density at radius 2 is 1.94 bits per heavy atom. The van der Waals surface area contributed by atoms with Crippen LogP contribution in [0.25, 0.3) is 5.57 Å². The first-order valence-corrected chi connectivity index (χ1v) is 16.9. The molecule has 0 bridgehead atoms.